The highest BCUT2D eigenvalue weighted by Crippen LogP contribution is 2.20. The number of nitriles is 1. The molecule has 0 atom stereocenters. The van der Waals surface area contributed by atoms with Gasteiger partial charge in [-0.05, 0) is 36.4 Å². The molecule has 0 aliphatic rings. The maximum absolute atomic E-state index is 12.0. The fraction of sp³-hybridized carbons (Fsp3) is 0.111. The number of hydrogen-bond acceptors (Lipinski definition) is 5. The molecule has 0 heterocycles. The SMILES string of the molecule is CC(=O)Nc1cccc(C(=O)OCC(=O)Nc2ccc(C#N)c(Cl)c2)c1. The first-order valence-corrected chi connectivity index (χ1v) is 7.81. The van der Waals surface area contributed by atoms with Crippen molar-refractivity contribution in [2.24, 2.45) is 0 Å². The van der Waals surface area contributed by atoms with E-state index in [1.807, 2.05) is 6.07 Å². The second-order valence-corrected chi connectivity index (χ2v) is 5.60. The van der Waals surface area contributed by atoms with E-state index in [9.17, 15) is 14.4 Å². The molecule has 132 valence electrons. The molecule has 2 amide bonds. The molecule has 0 saturated heterocycles. The van der Waals surface area contributed by atoms with Crippen molar-refractivity contribution in [3.8, 4) is 6.07 Å². The highest BCUT2D eigenvalue weighted by molar-refractivity contribution is 6.32. The van der Waals surface area contributed by atoms with Gasteiger partial charge in [0.25, 0.3) is 5.91 Å². The molecule has 0 bridgehead atoms. The molecule has 26 heavy (non-hydrogen) atoms. The topological polar surface area (TPSA) is 108 Å². The van der Waals surface area contributed by atoms with Crippen LogP contribution in [0.4, 0.5) is 11.4 Å². The van der Waals surface area contributed by atoms with Crippen LogP contribution < -0.4 is 10.6 Å². The van der Waals surface area contributed by atoms with Gasteiger partial charge >= 0.3 is 5.97 Å². The smallest absolute Gasteiger partial charge is 0.338 e. The van der Waals surface area contributed by atoms with Crippen LogP contribution in [0.5, 0.6) is 0 Å². The second kappa shape index (κ2) is 8.65. The van der Waals surface area contributed by atoms with E-state index < -0.39 is 18.5 Å². The molecule has 0 saturated carbocycles. The van der Waals surface area contributed by atoms with E-state index in [2.05, 4.69) is 10.6 Å². The molecule has 0 fully saturated rings. The lowest BCUT2D eigenvalue weighted by molar-refractivity contribution is -0.119. The average Bonchev–Trinajstić information content (AvgIpc) is 2.59. The van der Waals surface area contributed by atoms with Gasteiger partial charge in [-0.2, -0.15) is 5.26 Å². The van der Waals surface area contributed by atoms with E-state index in [-0.39, 0.29) is 22.1 Å². The summed E-state index contributed by atoms with van der Waals surface area (Å²) < 4.78 is 4.95. The quantitative estimate of drug-likeness (QED) is 0.785. The van der Waals surface area contributed by atoms with Crippen molar-refractivity contribution in [2.75, 3.05) is 17.2 Å². The Morgan fingerprint density at radius 2 is 1.85 bits per heavy atom. The van der Waals surface area contributed by atoms with Crippen molar-refractivity contribution in [3.63, 3.8) is 0 Å². The Morgan fingerprint density at radius 3 is 2.50 bits per heavy atom. The average molecular weight is 372 g/mol. The summed E-state index contributed by atoms with van der Waals surface area (Å²) in [5, 5.41) is 14.1. The van der Waals surface area contributed by atoms with Crippen LogP contribution in [-0.2, 0) is 14.3 Å². The predicted molar refractivity (Wildman–Crippen MR) is 95.8 cm³/mol. The lowest BCUT2D eigenvalue weighted by Crippen LogP contribution is -2.21. The summed E-state index contributed by atoms with van der Waals surface area (Å²) >= 11 is 5.88. The van der Waals surface area contributed by atoms with Crippen molar-refractivity contribution in [2.45, 2.75) is 6.92 Å². The fourth-order valence-corrected chi connectivity index (χ4v) is 2.25. The summed E-state index contributed by atoms with van der Waals surface area (Å²) in [5.74, 6) is -1.53. The molecular weight excluding hydrogens is 358 g/mol. The molecule has 0 aliphatic heterocycles. The van der Waals surface area contributed by atoms with Crippen LogP contribution in [0.25, 0.3) is 0 Å². The van der Waals surface area contributed by atoms with Crippen LogP contribution in [-0.4, -0.2) is 24.4 Å². The predicted octanol–water partition coefficient (Wildman–Crippen LogP) is 2.97. The molecule has 0 radical (unpaired) electrons. The number of nitrogens with one attached hydrogen (secondary N) is 2. The fourth-order valence-electron chi connectivity index (χ4n) is 2.02. The largest absolute Gasteiger partial charge is 0.452 e. The number of rotatable bonds is 5. The second-order valence-electron chi connectivity index (χ2n) is 5.19. The Morgan fingerprint density at radius 1 is 1.12 bits per heavy atom. The maximum atomic E-state index is 12.0. The van der Waals surface area contributed by atoms with E-state index in [1.54, 1.807) is 12.1 Å². The van der Waals surface area contributed by atoms with Crippen LogP contribution in [0.15, 0.2) is 42.5 Å². The van der Waals surface area contributed by atoms with E-state index in [4.69, 9.17) is 21.6 Å². The minimum absolute atomic E-state index is 0.200. The van der Waals surface area contributed by atoms with Gasteiger partial charge in [0, 0.05) is 18.3 Å². The van der Waals surface area contributed by atoms with Gasteiger partial charge in [-0.3, -0.25) is 9.59 Å². The number of hydrogen-bond donors (Lipinski definition) is 2. The van der Waals surface area contributed by atoms with Gasteiger partial charge < -0.3 is 15.4 Å². The third-order valence-electron chi connectivity index (χ3n) is 3.13. The van der Waals surface area contributed by atoms with Gasteiger partial charge in [-0.15, -0.1) is 0 Å². The highest BCUT2D eigenvalue weighted by atomic mass is 35.5. The van der Waals surface area contributed by atoms with Gasteiger partial charge in [-0.1, -0.05) is 17.7 Å². The van der Waals surface area contributed by atoms with Gasteiger partial charge in [-0.25, -0.2) is 4.79 Å². The molecule has 2 aromatic rings. The number of anilines is 2. The Balaban J connectivity index is 1.93. The molecule has 2 N–H and O–H groups in total. The minimum Gasteiger partial charge on any atom is -0.452 e. The minimum atomic E-state index is -0.704. The van der Waals surface area contributed by atoms with Crippen molar-refractivity contribution in [3.05, 3.63) is 58.6 Å². The zero-order chi connectivity index (χ0) is 19.1. The van der Waals surface area contributed by atoms with Gasteiger partial charge in [0.1, 0.15) is 6.07 Å². The number of ether oxygens (including phenoxy) is 1. The standard InChI is InChI=1S/C18H14ClN3O4/c1-11(23)21-14-4-2-3-12(7-14)18(25)26-10-17(24)22-15-6-5-13(9-20)16(19)8-15/h2-8H,10H2,1H3,(H,21,23)(H,22,24). The van der Waals surface area contributed by atoms with Crippen LogP contribution in [0, 0.1) is 11.3 Å². The number of amides is 2. The van der Waals surface area contributed by atoms with Crippen LogP contribution >= 0.6 is 11.6 Å². The Hall–Kier alpha value is -3.37. The highest BCUT2D eigenvalue weighted by Gasteiger charge is 2.12. The summed E-state index contributed by atoms with van der Waals surface area (Å²) in [7, 11) is 0. The summed E-state index contributed by atoms with van der Waals surface area (Å²) in [4.78, 5) is 34.9. The molecule has 7 nitrogen and oxygen atoms in total. The lowest BCUT2D eigenvalue weighted by Gasteiger charge is -2.08. The van der Waals surface area contributed by atoms with Crippen molar-refractivity contribution in [1.82, 2.24) is 0 Å². The molecule has 0 aromatic heterocycles. The van der Waals surface area contributed by atoms with Gasteiger partial charge in [0.15, 0.2) is 6.61 Å². The van der Waals surface area contributed by atoms with E-state index in [1.165, 1.54) is 37.3 Å². The molecule has 0 unspecified atom stereocenters. The summed E-state index contributed by atoms with van der Waals surface area (Å²) in [6.07, 6.45) is 0. The number of benzene rings is 2. The number of halogens is 1. The molecule has 8 heteroatoms. The zero-order valence-electron chi connectivity index (χ0n) is 13.7. The molecule has 0 aliphatic carbocycles. The number of nitrogens with zero attached hydrogens (tertiary/aromatic N) is 1. The zero-order valence-corrected chi connectivity index (χ0v) is 14.5. The van der Waals surface area contributed by atoms with E-state index in [0.29, 0.717) is 11.4 Å². The Labute approximate surface area is 154 Å². The number of esters is 1. The van der Waals surface area contributed by atoms with Crippen molar-refractivity contribution in [1.29, 1.82) is 5.26 Å². The number of carbonyl (C=O) groups excluding carboxylic acids is 3. The number of carbonyl (C=O) groups is 3. The van der Waals surface area contributed by atoms with Gasteiger partial charge in [0.2, 0.25) is 5.91 Å². The summed E-state index contributed by atoms with van der Waals surface area (Å²) in [6, 6.07) is 12.5. The normalized spacial score (nSPS) is 9.73. The van der Waals surface area contributed by atoms with Crippen LogP contribution in [0.2, 0.25) is 5.02 Å². The van der Waals surface area contributed by atoms with E-state index >= 15 is 0 Å². The van der Waals surface area contributed by atoms with Crippen LogP contribution in [0.1, 0.15) is 22.8 Å². The molecule has 2 rings (SSSR count). The Bertz CT molecular complexity index is 906. The van der Waals surface area contributed by atoms with Crippen molar-refractivity contribution >= 4 is 40.8 Å². The molecule has 0 spiro atoms. The monoisotopic (exact) mass is 371 g/mol. The first-order chi connectivity index (χ1) is 12.4. The van der Waals surface area contributed by atoms with Crippen LogP contribution in [0.3, 0.4) is 0 Å². The van der Waals surface area contributed by atoms with E-state index in [0.717, 1.165) is 0 Å². The molecular formula is C18H14ClN3O4. The third kappa shape index (κ3) is 5.33. The molecule has 2 aromatic carbocycles. The summed E-state index contributed by atoms with van der Waals surface area (Å²) in [5.41, 5.74) is 1.31. The summed E-state index contributed by atoms with van der Waals surface area (Å²) in [6.45, 7) is 0.853. The first kappa shape index (κ1) is 19.0. The first-order valence-electron chi connectivity index (χ1n) is 7.43. The maximum Gasteiger partial charge on any atom is 0.338 e. The van der Waals surface area contributed by atoms with Gasteiger partial charge in [0.05, 0.1) is 16.1 Å². The van der Waals surface area contributed by atoms with Crippen molar-refractivity contribution < 1.29 is 19.1 Å². The lowest BCUT2D eigenvalue weighted by atomic mass is 10.2. The Kier molecular flexibility index (Phi) is 6.31. The third-order valence-corrected chi connectivity index (χ3v) is 3.44.